The zero-order valence-electron chi connectivity index (χ0n) is 7.81. The van der Waals surface area contributed by atoms with Crippen molar-refractivity contribution in [1.29, 1.82) is 0 Å². The maximum atomic E-state index is 4.71. The average molecular weight is 425 g/mol. The van der Waals surface area contributed by atoms with E-state index in [4.69, 9.17) is 4.84 Å². The van der Waals surface area contributed by atoms with E-state index >= 15 is 0 Å². The number of hydrogen-bond donors (Lipinski definition) is 0. The Kier molecular flexibility index (Phi) is 11.3. The molecule has 0 aliphatic heterocycles. The summed E-state index contributed by atoms with van der Waals surface area (Å²) in [4.78, 5) is 8.73. The molecular formula is C8H10Br3ClN2O. The molecule has 86 valence electrons. The minimum absolute atomic E-state index is 0. The van der Waals surface area contributed by atoms with E-state index in [0.717, 1.165) is 15.9 Å². The Morgan fingerprint density at radius 3 is 2.73 bits per heavy atom. The maximum absolute atomic E-state index is 4.71. The van der Waals surface area contributed by atoms with Crippen molar-refractivity contribution in [3.63, 3.8) is 0 Å². The summed E-state index contributed by atoms with van der Waals surface area (Å²) in [5, 5.41) is 4.53. The van der Waals surface area contributed by atoms with Gasteiger partial charge in [0.1, 0.15) is 11.7 Å². The van der Waals surface area contributed by atoms with Gasteiger partial charge in [0.2, 0.25) is 0 Å². The summed E-state index contributed by atoms with van der Waals surface area (Å²) < 4.78 is 0.787. The molecule has 1 heterocycles. The Labute approximate surface area is 122 Å². The molecule has 0 radical (unpaired) electrons. The fraction of sp³-hybridized carbons (Fsp3) is 0.250. The van der Waals surface area contributed by atoms with E-state index in [2.05, 4.69) is 42.0 Å². The van der Waals surface area contributed by atoms with E-state index < -0.39 is 0 Å². The van der Waals surface area contributed by atoms with Gasteiger partial charge in [-0.15, -0.1) is 29.4 Å². The predicted molar refractivity (Wildman–Crippen MR) is 76.8 cm³/mol. The second-order valence-corrected chi connectivity index (χ2v) is 3.59. The number of rotatable bonds is 3. The first-order valence-corrected chi connectivity index (χ1v) is 5.47. The Hall–Kier alpha value is 0.350. The van der Waals surface area contributed by atoms with Gasteiger partial charge in [0.25, 0.3) is 0 Å². The summed E-state index contributed by atoms with van der Waals surface area (Å²) in [5.41, 5.74) is 1.83. The van der Waals surface area contributed by atoms with Crippen LogP contribution < -0.4 is 0 Å². The first-order valence-electron chi connectivity index (χ1n) is 3.56. The standard InChI is InChI=1S/C8H8Br2N2O.BrH.ClH/c1-13-12-7(5-9)6-2-3-11-8(10)4-6;;/h2-4H,5H2,1H3;2*1H. The van der Waals surface area contributed by atoms with Crippen LogP contribution in [0, 0.1) is 0 Å². The van der Waals surface area contributed by atoms with Crippen LogP contribution in [0.2, 0.25) is 0 Å². The van der Waals surface area contributed by atoms with Gasteiger partial charge in [0.15, 0.2) is 0 Å². The quantitative estimate of drug-likeness (QED) is 0.321. The summed E-state index contributed by atoms with van der Waals surface area (Å²) >= 11 is 6.62. The summed E-state index contributed by atoms with van der Waals surface area (Å²) in [6, 6.07) is 3.77. The SMILES string of the molecule is Br.CON=C(CBr)c1ccnc(Br)c1.Cl. The first-order chi connectivity index (χ1) is 6.27. The number of halogens is 4. The van der Waals surface area contributed by atoms with Gasteiger partial charge in [-0.25, -0.2) is 4.98 Å². The van der Waals surface area contributed by atoms with Crippen LogP contribution in [0.15, 0.2) is 28.1 Å². The van der Waals surface area contributed by atoms with Gasteiger partial charge in [0, 0.05) is 17.1 Å². The lowest BCUT2D eigenvalue weighted by molar-refractivity contribution is 0.213. The first kappa shape index (κ1) is 17.7. The zero-order valence-corrected chi connectivity index (χ0v) is 13.5. The molecule has 0 bridgehead atoms. The van der Waals surface area contributed by atoms with E-state index in [1.807, 2.05) is 12.1 Å². The molecule has 0 aromatic carbocycles. The molecule has 7 heteroatoms. The summed E-state index contributed by atoms with van der Waals surface area (Å²) in [7, 11) is 1.53. The highest BCUT2D eigenvalue weighted by atomic mass is 79.9. The Morgan fingerprint density at radius 2 is 2.27 bits per heavy atom. The van der Waals surface area contributed by atoms with Crippen LogP contribution in [-0.2, 0) is 4.84 Å². The lowest BCUT2D eigenvalue weighted by Crippen LogP contribution is -2.03. The molecule has 0 spiro atoms. The largest absolute Gasteiger partial charge is 0.399 e. The second-order valence-electron chi connectivity index (χ2n) is 2.22. The molecule has 0 N–H and O–H groups in total. The van der Waals surface area contributed by atoms with Crippen molar-refractivity contribution < 1.29 is 4.84 Å². The molecule has 0 fully saturated rings. The van der Waals surface area contributed by atoms with Crippen molar-refractivity contribution in [3.8, 4) is 0 Å². The Balaban J connectivity index is 0. The zero-order chi connectivity index (χ0) is 9.68. The van der Waals surface area contributed by atoms with E-state index in [1.165, 1.54) is 7.11 Å². The average Bonchev–Trinajstić information content (AvgIpc) is 2.14. The van der Waals surface area contributed by atoms with Crippen LogP contribution in [0.3, 0.4) is 0 Å². The number of aromatic nitrogens is 1. The van der Waals surface area contributed by atoms with Crippen LogP contribution in [-0.4, -0.2) is 23.1 Å². The molecule has 0 unspecified atom stereocenters. The third-order valence-electron chi connectivity index (χ3n) is 1.39. The third-order valence-corrected chi connectivity index (χ3v) is 2.35. The van der Waals surface area contributed by atoms with Crippen molar-refractivity contribution in [2.75, 3.05) is 12.4 Å². The minimum atomic E-state index is 0. The van der Waals surface area contributed by atoms with Crippen molar-refractivity contribution in [3.05, 3.63) is 28.5 Å². The van der Waals surface area contributed by atoms with Gasteiger partial charge in [0.05, 0.1) is 5.71 Å². The van der Waals surface area contributed by atoms with Gasteiger partial charge in [-0.2, -0.15) is 0 Å². The third kappa shape index (κ3) is 5.85. The molecule has 3 nitrogen and oxygen atoms in total. The molecule has 0 aliphatic carbocycles. The topological polar surface area (TPSA) is 34.5 Å². The fourth-order valence-corrected chi connectivity index (χ4v) is 1.64. The van der Waals surface area contributed by atoms with Crippen LogP contribution in [0.5, 0.6) is 0 Å². The molecule has 1 aromatic heterocycles. The molecular weight excluding hydrogens is 415 g/mol. The van der Waals surface area contributed by atoms with Crippen LogP contribution in [0.1, 0.15) is 5.56 Å². The van der Waals surface area contributed by atoms with Crippen LogP contribution >= 0.6 is 61.2 Å². The monoisotopic (exact) mass is 422 g/mol. The lowest BCUT2D eigenvalue weighted by atomic mass is 10.2. The molecule has 1 aromatic rings. The molecule has 0 saturated heterocycles. The molecule has 0 amide bonds. The van der Waals surface area contributed by atoms with Gasteiger partial charge in [-0.05, 0) is 28.1 Å². The maximum Gasteiger partial charge on any atom is 0.106 e. The summed E-state index contributed by atoms with van der Waals surface area (Å²) in [5.74, 6) is 0. The molecule has 0 aliphatic rings. The van der Waals surface area contributed by atoms with Crippen molar-refractivity contribution in [1.82, 2.24) is 4.98 Å². The van der Waals surface area contributed by atoms with Crippen LogP contribution in [0.4, 0.5) is 0 Å². The van der Waals surface area contributed by atoms with Crippen molar-refractivity contribution >= 4 is 67.0 Å². The fourth-order valence-electron chi connectivity index (χ4n) is 0.846. The minimum Gasteiger partial charge on any atom is -0.399 e. The predicted octanol–water partition coefficient (Wildman–Crippen LogP) is 3.59. The second kappa shape index (κ2) is 9.57. The van der Waals surface area contributed by atoms with Crippen molar-refractivity contribution in [2.24, 2.45) is 5.16 Å². The van der Waals surface area contributed by atoms with Gasteiger partial charge >= 0.3 is 0 Å². The normalized spacial score (nSPS) is 9.93. The summed E-state index contributed by atoms with van der Waals surface area (Å²) in [6.07, 6.45) is 1.72. The highest BCUT2D eigenvalue weighted by Gasteiger charge is 2.02. The van der Waals surface area contributed by atoms with Crippen LogP contribution in [0.25, 0.3) is 0 Å². The molecule has 1 rings (SSSR count). The molecule has 15 heavy (non-hydrogen) atoms. The number of alkyl halides is 1. The number of nitrogens with zero attached hydrogens (tertiary/aromatic N) is 2. The van der Waals surface area contributed by atoms with E-state index in [9.17, 15) is 0 Å². The lowest BCUT2D eigenvalue weighted by Gasteiger charge is -2.01. The van der Waals surface area contributed by atoms with E-state index in [0.29, 0.717) is 5.33 Å². The molecule has 0 atom stereocenters. The number of oxime groups is 1. The van der Waals surface area contributed by atoms with Gasteiger partial charge in [-0.3, -0.25) is 0 Å². The highest BCUT2D eigenvalue weighted by molar-refractivity contribution is 9.10. The van der Waals surface area contributed by atoms with E-state index in [-0.39, 0.29) is 29.4 Å². The Bertz CT molecular complexity index is 323. The highest BCUT2D eigenvalue weighted by Crippen LogP contribution is 2.10. The smallest absolute Gasteiger partial charge is 0.106 e. The summed E-state index contributed by atoms with van der Waals surface area (Å²) in [6.45, 7) is 0. The number of pyridine rings is 1. The van der Waals surface area contributed by atoms with E-state index in [1.54, 1.807) is 6.20 Å². The Morgan fingerprint density at radius 1 is 1.60 bits per heavy atom. The number of hydrogen-bond acceptors (Lipinski definition) is 3. The van der Waals surface area contributed by atoms with Crippen molar-refractivity contribution in [2.45, 2.75) is 0 Å². The molecule has 0 saturated carbocycles. The van der Waals surface area contributed by atoms with Gasteiger partial charge < -0.3 is 4.84 Å². The van der Waals surface area contributed by atoms with Gasteiger partial charge in [-0.1, -0.05) is 21.1 Å².